The minimum Gasteiger partial charge on any atom is -0.456 e. The van der Waals surface area contributed by atoms with E-state index < -0.39 is 5.41 Å². The van der Waals surface area contributed by atoms with Gasteiger partial charge in [-0.15, -0.1) is 0 Å². The van der Waals surface area contributed by atoms with Gasteiger partial charge in [-0.3, -0.25) is 9.59 Å². The summed E-state index contributed by atoms with van der Waals surface area (Å²) in [6.45, 7) is 0. The molecular formula is C39H23NO3. The summed E-state index contributed by atoms with van der Waals surface area (Å²) >= 11 is 0. The van der Waals surface area contributed by atoms with E-state index in [1.54, 1.807) is 0 Å². The van der Waals surface area contributed by atoms with E-state index in [1.807, 2.05) is 109 Å². The summed E-state index contributed by atoms with van der Waals surface area (Å²) in [6.07, 6.45) is 0. The highest BCUT2D eigenvalue weighted by atomic mass is 16.5. The molecule has 6 aromatic carbocycles. The average Bonchev–Trinajstić information content (AvgIpc) is 3.07. The lowest BCUT2D eigenvalue weighted by Gasteiger charge is -2.42. The van der Waals surface area contributed by atoms with Crippen LogP contribution in [0.4, 0.5) is 0 Å². The maximum Gasteiger partial charge on any atom is 0.201 e. The lowest BCUT2D eigenvalue weighted by Crippen LogP contribution is -2.35. The van der Waals surface area contributed by atoms with Crippen molar-refractivity contribution in [3.05, 3.63) is 182 Å². The van der Waals surface area contributed by atoms with E-state index in [0.29, 0.717) is 38.6 Å². The normalized spacial score (nSPS) is 13.7. The maximum atomic E-state index is 14.6. The van der Waals surface area contributed by atoms with Crippen molar-refractivity contribution < 1.29 is 4.74 Å². The number of hydrogen-bond acceptors (Lipinski definition) is 3. The quantitative estimate of drug-likeness (QED) is 0.161. The maximum absolute atomic E-state index is 14.6. The van der Waals surface area contributed by atoms with Gasteiger partial charge in [-0.2, -0.15) is 0 Å². The van der Waals surface area contributed by atoms with Crippen LogP contribution >= 0.6 is 0 Å². The first kappa shape index (κ1) is 23.9. The highest BCUT2D eigenvalue weighted by molar-refractivity contribution is 6.11. The molecule has 202 valence electrons. The van der Waals surface area contributed by atoms with Crippen molar-refractivity contribution in [3.63, 3.8) is 0 Å². The Hall–Kier alpha value is -5.74. The zero-order chi connectivity index (χ0) is 28.7. The molecule has 1 aliphatic heterocycles. The van der Waals surface area contributed by atoms with Gasteiger partial charge in [0, 0.05) is 27.3 Å². The van der Waals surface area contributed by atoms with Crippen LogP contribution in [0.25, 0.3) is 38.1 Å². The van der Waals surface area contributed by atoms with E-state index in [-0.39, 0.29) is 10.9 Å². The summed E-state index contributed by atoms with van der Waals surface area (Å²) in [5.74, 6) is 1.17. The van der Waals surface area contributed by atoms with Crippen molar-refractivity contribution in [3.8, 4) is 11.5 Å². The Morgan fingerprint density at radius 3 is 1.70 bits per heavy atom. The standard InChI is InChI=1S/C39H23NO3/c41-36-26-17-7-10-20-31(26)40-32-21-11-8-18-27(32)37(42)34-35(40)28(36)23-30-38(34)43-33-22-12-9-19-29(33)39(30,24-13-3-1-4-14-24)25-15-5-2-6-16-25/h1-23H. The molecule has 2 aromatic heterocycles. The number of nitrogens with zero attached hydrogens (tertiary/aromatic N) is 1. The topological polar surface area (TPSA) is 47.8 Å². The first-order chi connectivity index (χ1) is 21.2. The summed E-state index contributed by atoms with van der Waals surface area (Å²) in [5.41, 5.74) is 4.77. The van der Waals surface area contributed by atoms with E-state index >= 15 is 0 Å². The van der Waals surface area contributed by atoms with Crippen molar-refractivity contribution in [2.24, 2.45) is 0 Å². The van der Waals surface area contributed by atoms with Crippen LogP contribution in [0, 0.1) is 0 Å². The van der Waals surface area contributed by atoms with Crippen LogP contribution in [-0.2, 0) is 5.41 Å². The van der Waals surface area contributed by atoms with Crippen molar-refractivity contribution in [1.82, 2.24) is 4.40 Å². The van der Waals surface area contributed by atoms with E-state index in [2.05, 4.69) is 34.7 Å². The number of para-hydroxylation sites is 3. The van der Waals surface area contributed by atoms with Gasteiger partial charge in [-0.1, -0.05) is 103 Å². The van der Waals surface area contributed by atoms with Crippen molar-refractivity contribution in [1.29, 1.82) is 0 Å². The minimum atomic E-state index is -0.850. The Kier molecular flexibility index (Phi) is 4.80. The Balaban J connectivity index is 1.62. The second-order valence-corrected chi connectivity index (χ2v) is 11.1. The predicted molar refractivity (Wildman–Crippen MR) is 172 cm³/mol. The summed E-state index contributed by atoms with van der Waals surface area (Å²) in [5, 5.41) is 2.09. The van der Waals surface area contributed by atoms with Crippen molar-refractivity contribution in [2.45, 2.75) is 5.41 Å². The molecule has 0 atom stereocenters. The van der Waals surface area contributed by atoms with Gasteiger partial charge >= 0.3 is 0 Å². The summed E-state index contributed by atoms with van der Waals surface area (Å²) < 4.78 is 8.86. The predicted octanol–water partition coefficient (Wildman–Crippen LogP) is 8.05. The van der Waals surface area contributed by atoms with Crippen LogP contribution in [0.3, 0.4) is 0 Å². The Bertz CT molecular complexity index is 2460. The van der Waals surface area contributed by atoms with Crippen LogP contribution in [0.2, 0.25) is 0 Å². The fraction of sp³-hybridized carbons (Fsp3) is 0.0256. The third kappa shape index (κ3) is 2.99. The van der Waals surface area contributed by atoms with Gasteiger partial charge in [-0.25, -0.2) is 0 Å². The second kappa shape index (κ2) is 8.63. The van der Waals surface area contributed by atoms with E-state index in [1.165, 1.54) is 0 Å². The summed E-state index contributed by atoms with van der Waals surface area (Å²) in [4.78, 5) is 29.0. The van der Waals surface area contributed by atoms with Gasteiger partial charge in [0.05, 0.1) is 27.4 Å². The molecule has 0 saturated carbocycles. The third-order valence-electron chi connectivity index (χ3n) is 9.05. The van der Waals surface area contributed by atoms with Gasteiger partial charge in [0.1, 0.15) is 11.5 Å². The number of benzene rings is 6. The summed E-state index contributed by atoms with van der Waals surface area (Å²) in [6, 6.07) is 45.8. The molecule has 0 aliphatic carbocycles. The van der Waals surface area contributed by atoms with Crippen LogP contribution in [-0.4, -0.2) is 4.40 Å². The SMILES string of the molecule is O=c1c2ccccc2n2c3ccccc3c(=O)c3c4c(cc1c32)C(c1ccccc1)(c1ccccc1)c1ccccc1O4. The lowest BCUT2D eigenvalue weighted by molar-refractivity contribution is 0.440. The van der Waals surface area contributed by atoms with E-state index in [4.69, 9.17) is 4.74 Å². The fourth-order valence-corrected chi connectivity index (χ4v) is 7.31. The summed E-state index contributed by atoms with van der Waals surface area (Å²) in [7, 11) is 0. The average molecular weight is 554 g/mol. The fourth-order valence-electron chi connectivity index (χ4n) is 7.31. The smallest absolute Gasteiger partial charge is 0.201 e. The largest absolute Gasteiger partial charge is 0.456 e. The molecule has 4 nitrogen and oxygen atoms in total. The van der Waals surface area contributed by atoms with Gasteiger partial charge in [-0.05, 0) is 47.5 Å². The Morgan fingerprint density at radius 2 is 1.05 bits per heavy atom. The molecule has 0 unspecified atom stereocenters. The molecule has 0 radical (unpaired) electrons. The molecule has 0 N–H and O–H groups in total. The van der Waals surface area contributed by atoms with Gasteiger partial charge in [0.2, 0.25) is 5.43 Å². The van der Waals surface area contributed by atoms with Crippen LogP contribution < -0.4 is 15.6 Å². The zero-order valence-electron chi connectivity index (χ0n) is 23.0. The molecule has 4 heteroatoms. The zero-order valence-corrected chi connectivity index (χ0v) is 23.0. The molecule has 0 amide bonds. The Morgan fingerprint density at radius 1 is 0.512 bits per heavy atom. The monoisotopic (exact) mass is 553 g/mol. The highest BCUT2D eigenvalue weighted by Gasteiger charge is 2.46. The molecule has 1 aliphatic rings. The third-order valence-corrected chi connectivity index (χ3v) is 9.05. The molecule has 8 aromatic rings. The lowest BCUT2D eigenvalue weighted by atomic mass is 9.63. The van der Waals surface area contributed by atoms with Crippen molar-refractivity contribution >= 4 is 38.1 Å². The molecule has 3 heterocycles. The molecular weight excluding hydrogens is 530 g/mol. The molecule has 0 spiro atoms. The van der Waals surface area contributed by atoms with Crippen LogP contribution in [0.15, 0.2) is 149 Å². The highest BCUT2D eigenvalue weighted by Crippen LogP contribution is 2.57. The van der Waals surface area contributed by atoms with Gasteiger partial charge in [0.25, 0.3) is 0 Å². The first-order valence-electron chi connectivity index (χ1n) is 14.4. The molecule has 0 bridgehead atoms. The molecule has 43 heavy (non-hydrogen) atoms. The van der Waals surface area contributed by atoms with E-state index in [0.717, 1.165) is 33.3 Å². The molecule has 9 rings (SSSR count). The van der Waals surface area contributed by atoms with Gasteiger partial charge in [0.15, 0.2) is 5.43 Å². The molecule has 0 saturated heterocycles. The molecule has 0 fully saturated rings. The number of pyridine rings is 2. The number of ether oxygens (including phenoxy) is 1. The number of rotatable bonds is 2. The minimum absolute atomic E-state index is 0.105. The van der Waals surface area contributed by atoms with Crippen molar-refractivity contribution in [2.75, 3.05) is 0 Å². The van der Waals surface area contributed by atoms with E-state index in [9.17, 15) is 9.59 Å². The number of aromatic nitrogens is 1. The number of fused-ring (bicyclic) bond motifs is 7. The van der Waals surface area contributed by atoms with Crippen LogP contribution in [0.1, 0.15) is 22.3 Å². The van der Waals surface area contributed by atoms with Crippen LogP contribution in [0.5, 0.6) is 11.5 Å². The Labute approximate surface area is 246 Å². The number of hydrogen-bond donors (Lipinski definition) is 0. The van der Waals surface area contributed by atoms with Gasteiger partial charge < -0.3 is 9.14 Å². The first-order valence-corrected chi connectivity index (χ1v) is 14.4. The second-order valence-electron chi connectivity index (χ2n) is 11.1.